The number of hydrogen-bond acceptors (Lipinski definition) is 3. The number of carbonyl (C=O) groups excluding carboxylic acids is 1. The van der Waals surface area contributed by atoms with E-state index in [4.69, 9.17) is 0 Å². The molecule has 0 bridgehead atoms. The molecule has 0 radical (unpaired) electrons. The molecule has 0 spiro atoms. The summed E-state index contributed by atoms with van der Waals surface area (Å²) in [7, 11) is 3.36. The van der Waals surface area contributed by atoms with Crippen molar-refractivity contribution in [3.8, 4) is 0 Å². The molecule has 0 aliphatic carbocycles. The molecule has 0 unspecified atom stereocenters. The number of carbonyl (C=O) groups is 1. The Bertz CT molecular complexity index is 285. The van der Waals surface area contributed by atoms with Crippen LogP contribution in [0.3, 0.4) is 0 Å². The Labute approximate surface area is 71.0 Å². The predicted octanol–water partition coefficient (Wildman–Crippen LogP) is 0.483. The second kappa shape index (κ2) is 3.71. The zero-order chi connectivity index (χ0) is 8.97. The van der Waals surface area contributed by atoms with Crippen LogP contribution < -0.4 is 10.6 Å². The van der Waals surface area contributed by atoms with Crippen molar-refractivity contribution in [1.82, 2.24) is 10.3 Å². The van der Waals surface area contributed by atoms with E-state index in [0.29, 0.717) is 5.56 Å². The van der Waals surface area contributed by atoms with Gasteiger partial charge in [0.15, 0.2) is 0 Å². The van der Waals surface area contributed by atoms with Gasteiger partial charge in [-0.2, -0.15) is 0 Å². The van der Waals surface area contributed by atoms with E-state index < -0.39 is 0 Å². The molecule has 1 aromatic rings. The lowest BCUT2D eigenvalue weighted by Gasteiger charge is -2.05. The molecule has 0 saturated heterocycles. The standard InChI is InChI=1S/C8H11N3O/c1-9-7-3-4-11-5-6(7)8(12)10-2/h3-5H,1-2H3,(H,9,11)(H,10,12). The first-order valence-electron chi connectivity index (χ1n) is 3.63. The van der Waals surface area contributed by atoms with Gasteiger partial charge in [-0.15, -0.1) is 0 Å². The Hall–Kier alpha value is -1.58. The number of pyridine rings is 1. The largest absolute Gasteiger partial charge is 0.387 e. The molecule has 0 atom stereocenters. The lowest BCUT2D eigenvalue weighted by Crippen LogP contribution is -2.19. The summed E-state index contributed by atoms with van der Waals surface area (Å²) in [6.45, 7) is 0. The third-order valence-electron chi connectivity index (χ3n) is 1.56. The number of nitrogens with one attached hydrogen (secondary N) is 2. The van der Waals surface area contributed by atoms with Crippen LogP contribution in [0.2, 0.25) is 0 Å². The van der Waals surface area contributed by atoms with Crippen LogP contribution in [0.4, 0.5) is 5.69 Å². The summed E-state index contributed by atoms with van der Waals surface area (Å²) in [4.78, 5) is 15.1. The van der Waals surface area contributed by atoms with Crippen molar-refractivity contribution in [1.29, 1.82) is 0 Å². The normalized spacial score (nSPS) is 9.17. The van der Waals surface area contributed by atoms with Gasteiger partial charge in [0.1, 0.15) is 0 Å². The van der Waals surface area contributed by atoms with E-state index in [0.717, 1.165) is 5.69 Å². The minimum Gasteiger partial charge on any atom is -0.387 e. The number of amides is 1. The summed E-state index contributed by atoms with van der Waals surface area (Å²) < 4.78 is 0. The Morgan fingerprint density at radius 3 is 2.83 bits per heavy atom. The van der Waals surface area contributed by atoms with Gasteiger partial charge in [-0.3, -0.25) is 9.78 Å². The summed E-state index contributed by atoms with van der Waals surface area (Å²) in [5.41, 5.74) is 1.34. The SMILES string of the molecule is CNC(=O)c1cnccc1NC. The summed E-state index contributed by atoms with van der Waals surface area (Å²) in [5, 5.41) is 5.45. The number of hydrogen-bond donors (Lipinski definition) is 2. The first kappa shape index (κ1) is 8.52. The zero-order valence-corrected chi connectivity index (χ0v) is 7.09. The van der Waals surface area contributed by atoms with E-state index in [9.17, 15) is 4.79 Å². The molecule has 2 N–H and O–H groups in total. The molecule has 1 amide bonds. The van der Waals surface area contributed by atoms with E-state index in [1.165, 1.54) is 6.20 Å². The third kappa shape index (κ3) is 1.53. The monoisotopic (exact) mass is 165 g/mol. The van der Waals surface area contributed by atoms with Crippen molar-refractivity contribution in [2.45, 2.75) is 0 Å². The third-order valence-corrected chi connectivity index (χ3v) is 1.56. The van der Waals surface area contributed by atoms with Gasteiger partial charge in [-0.05, 0) is 6.07 Å². The fourth-order valence-corrected chi connectivity index (χ4v) is 0.928. The fourth-order valence-electron chi connectivity index (χ4n) is 0.928. The quantitative estimate of drug-likeness (QED) is 0.670. The van der Waals surface area contributed by atoms with Gasteiger partial charge in [0.25, 0.3) is 5.91 Å². The van der Waals surface area contributed by atoms with Gasteiger partial charge in [0, 0.05) is 32.2 Å². The van der Waals surface area contributed by atoms with Crippen LogP contribution in [0.25, 0.3) is 0 Å². The molecule has 1 aromatic heterocycles. The lowest BCUT2D eigenvalue weighted by atomic mass is 10.2. The lowest BCUT2D eigenvalue weighted by molar-refractivity contribution is 0.0963. The maximum atomic E-state index is 11.2. The van der Waals surface area contributed by atoms with E-state index in [-0.39, 0.29) is 5.91 Å². The second-order valence-electron chi connectivity index (χ2n) is 2.25. The fraction of sp³-hybridized carbons (Fsp3) is 0.250. The molecule has 0 aromatic carbocycles. The van der Waals surface area contributed by atoms with E-state index >= 15 is 0 Å². The van der Waals surface area contributed by atoms with Crippen molar-refractivity contribution < 1.29 is 4.79 Å². The average Bonchev–Trinajstić information content (AvgIpc) is 2.16. The molecule has 0 saturated carbocycles. The summed E-state index contributed by atoms with van der Waals surface area (Å²) in [5.74, 6) is -0.132. The molecule has 0 aliphatic rings. The molecule has 0 aliphatic heterocycles. The molecule has 1 heterocycles. The Kier molecular flexibility index (Phi) is 2.63. The van der Waals surface area contributed by atoms with Gasteiger partial charge in [-0.25, -0.2) is 0 Å². The average molecular weight is 165 g/mol. The zero-order valence-electron chi connectivity index (χ0n) is 7.09. The molecular weight excluding hydrogens is 154 g/mol. The van der Waals surface area contributed by atoms with Gasteiger partial charge in [0.2, 0.25) is 0 Å². The highest BCUT2D eigenvalue weighted by molar-refractivity contribution is 5.98. The Morgan fingerprint density at radius 1 is 1.50 bits per heavy atom. The molecular formula is C8H11N3O. The second-order valence-corrected chi connectivity index (χ2v) is 2.25. The van der Waals surface area contributed by atoms with Gasteiger partial charge in [-0.1, -0.05) is 0 Å². The minimum atomic E-state index is -0.132. The van der Waals surface area contributed by atoms with Crippen molar-refractivity contribution in [3.63, 3.8) is 0 Å². The van der Waals surface area contributed by atoms with Crippen LogP contribution in [0.15, 0.2) is 18.5 Å². The maximum Gasteiger partial charge on any atom is 0.254 e. The van der Waals surface area contributed by atoms with Crippen LogP contribution in [-0.2, 0) is 0 Å². The van der Waals surface area contributed by atoms with Crippen LogP contribution in [0, 0.1) is 0 Å². The number of aromatic nitrogens is 1. The Morgan fingerprint density at radius 2 is 2.25 bits per heavy atom. The highest BCUT2D eigenvalue weighted by atomic mass is 16.1. The van der Waals surface area contributed by atoms with Gasteiger partial charge < -0.3 is 10.6 Å². The summed E-state index contributed by atoms with van der Waals surface area (Å²) >= 11 is 0. The molecule has 1 rings (SSSR count). The first-order chi connectivity index (χ1) is 5.79. The molecule has 12 heavy (non-hydrogen) atoms. The van der Waals surface area contributed by atoms with Crippen molar-refractivity contribution in [2.24, 2.45) is 0 Å². The minimum absolute atomic E-state index is 0.132. The molecule has 4 nitrogen and oxygen atoms in total. The highest BCUT2D eigenvalue weighted by Crippen LogP contribution is 2.11. The predicted molar refractivity (Wildman–Crippen MR) is 47.2 cm³/mol. The maximum absolute atomic E-state index is 11.2. The van der Waals surface area contributed by atoms with Crippen molar-refractivity contribution in [2.75, 3.05) is 19.4 Å². The highest BCUT2D eigenvalue weighted by Gasteiger charge is 2.07. The summed E-state index contributed by atoms with van der Waals surface area (Å²) in [6.07, 6.45) is 3.17. The van der Waals surface area contributed by atoms with Crippen LogP contribution in [0.1, 0.15) is 10.4 Å². The number of anilines is 1. The van der Waals surface area contributed by atoms with Crippen LogP contribution in [0.5, 0.6) is 0 Å². The van der Waals surface area contributed by atoms with Gasteiger partial charge in [0.05, 0.1) is 5.56 Å². The van der Waals surface area contributed by atoms with Crippen LogP contribution in [-0.4, -0.2) is 25.0 Å². The summed E-state index contributed by atoms with van der Waals surface area (Å²) in [6, 6.07) is 1.75. The molecule has 4 heteroatoms. The number of rotatable bonds is 2. The number of nitrogens with zero attached hydrogens (tertiary/aromatic N) is 1. The Balaban J connectivity index is 3.04. The van der Waals surface area contributed by atoms with Crippen LogP contribution >= 0.6 is 0 Å². The first-order valence-corrected chi connectivity index (χ1v) is 3.63. The van der Waals surface area contributed by atoms with Crippen molar-refractivity contribution in [3.05, 3.63) is 24.0 Å². The van der Waals surface area contributed by atoms with E-state index in [2.05, 4.69) is 15.6 Å². The van der Waals surface area contributed by atoms with E-state index in [1.54, 1.807) is 26.4 Å². The molecule has 64 valence electrons. The molecule has 0 fully saturated rings. The van der Waals surface area contributed by atoms with E-state index in [1.807, 2.05) is 0 Å². The smallest absolute Gasteiger partial charge is 0.254 e. The van der Waals surface area contributed by atoms with Crippen molar-refractivity contribution >= 4 is 11.6 Å². The topological polar surface area (TPSA) is 54.0 Å². The van der Waals surface area contributed by atoms with Gasteiger partial charge >= 0.3 is 0 Å².